The summed E-state index contributed by atoms with van der Waals surface area (Å²) in [6.45, 7) is 14.6. The number of hydrogen-bond donors (Lipinski definition) is 0. The lowest BCUT2D eigenvalue weighted by Gasteiger charge is -2.37. The summed E-state index contributed by atoms with van der Waals surface area (Å²) < 4.78 is 7.42. The maximum atomic E-state index is 6.28. The standard InChI is InChI=1S/C16H27BrOSi/c1-13(11-14-7-9-15(17)10-8-14)12-18-19(5,6)16(2,3)4/h7-10,13H,11-12H2,1-6H3. The largest absolute Gasteiger partial charge is 0.417 e. The molecule has 0 spiro atoms. The zero-order valence-electron chi connectivity index (χ0n) is 13.1. The highest BCUT2D eigenvalue weighted by molar-refractivity contribution is 9.10. The van der Waals surface area contributed by atoms with Gasteiger partial charge in [-0.3, -0.25) is 0 Å². The lowest BCUT2D eigenvalue weighted by Crippen LogP contribution is -2.41. The summed E-state index contributed by atoms with van der Waals surface area (Å²) in [4.78, 5) is 0. The van der Waals surface area contributed by atoms with Crippen LogP contribution in [-0.4, -0.2) is 14.9 Å². The van der Waals surface area contributed by atoms with Gasteiger partial charge in [-0.2, -0.15) is 0 Å². The van der Waals surface area contributed by atoms with Crippen molar-refractivity contribution in [2.45, 2.75) is 52.2 Å². The van der Waals surface area contributed by atoms with Gasteiger partial charge in [-0.1, -0.05) is 55.8 Å². The minimum Gasteiger partial charge on any atom is -0.417 e. The molecule has 0 N–H and O–H groups in total. The normalized spacial score (nSPS) is 14.5. The second-order valence-corrected chi connectivity index (χ2v) is 12.7. The monoisotopic (exact) mass is 342 g/mol. The zero-order valence-corrected chi connectivity index (χ0v) is 15.7. The van der Waals surface area contributed by atoms with Crippen molar-refractivity contribution in [1.29, 1.82) is 0 Å². The predicted octanol–water partition coefficient (Wildman–Crippen LogP) is 5.65. The van der Waals surface area contributed by atoms with Crippen molar-refractivity contribution in [3.05, 3.63) is 34.3 Å². The molecule has 3 heteroatoms. The first-order valence-electron chi connectivity index (χ1n) is 7.00. The SMILES string of the molecule is CC(CO[Si](C)(C)C(C)(C)C)Cc1ccc(Br)cc1. The lowest BCUT2D eigenvalue weighted by molar-refractivity contribution is 0.237. The first kappa shape index (κ1) is 16.9. The topological polar surface area (TPSA) is 9.23 Å². The minimum atomic E-state index is -1.60. The molecule has 0 aromatic heterocycles. The van der Waals surface area contributed by atoms with Crippen LogP contribution in [0.4, 0.5) is 0 Å². The molecule has 0 aliphatic carbocycles. The summed E-state index contributed by atoms with van der Waals surface area (Å²) in [7, 11) is -1.60. The molecule has 0 heterocycles. The molecule has 0 saturated heterocycles. The summed E-state index contributed by atoms with van der Waals surface area (Å²) in [5.41, 5.74) is 1.38. The summed E-state index contributed by atoms with van der Waals surface area (Å²) in [6, 6.07) is 8.59. The Bertz CT molecular complexity index is 392. The van der Waals surface area contributed by atoms with Crippen LogP contribution in [-0.2, 0) is 10.8 Å². The Hall–Kier alpha value is -0.123. The van der Waals surface area contributed by atoms with Crippen molar-refractivity contribution in [2.24, 2.45) is 5.92 Å². The van der Waals surface area contributed by atoms with Crippen molar-refractivity contribution in [3.63, 3.8) is 0 Å². The van der Waals surface area contributed by atoms with E-state index in [-0.39, 0.29) is 0 Å². The van der Waals surface area contributed by atoms with Crippen LogP contribution in [0.5, 0.6) is 0 Å². The maximum Gasteiger partial charge on any atom is 0.191 e. The summed E-state index contributed by atoms with van der Waals surface area (Å²) in [5.74, 6) is 0.565. The van der Waals surface area contributed by atoms with E-state index in [1.807, 2.05) is 0 Å². The van der Waals surface area contributed by atoms with Crippen LogP contribution in [0.2, 0.25) is 18.1 Å². The third-order valence-corrected chi connectivity index (χ3v) is 9.06. The Labute approximate surface area is 128 Å². The first-order valence-corrected chi connectivity index (χ1v) is 10.7. The zero-order chi connectivity index (χ0) is 14.7. The van der Waals surface area contributed by atoms with Crippen LogP contribution in [0.15, 0.2) is 28.7 Å². The van der Waals surface area contributed by atoms with E-state index in [9.17, 15) is 0 Å². The van der Waals surface area contributed by atoms with Crippen molar-refractivity contribution in [3.8, 4) is 0 Å². The van der Waals surface area contributed by atoms with Gasteiger partial charge in [-0.25, -0.2) is 0 Å². The van der Waals surface area contributed by atoms with Crippen molar-refractivity contribution >= 4 is 24.2 Å². The molecule has 1 rings (SSSR count). The van der Waals surface area contributed by atoms with E-state index in [2.05, 4.69) is 81.0 Å². The molecule has 1 aromatic carbocycles. The molecular weight excluding hydrogens is 316 g/mol. The average Bonchev–Trinajstić information content (AvgIpc) is 2.28. The van der Waals surface area contributed by atoms with Crippen molar-refractivity contribution in [2.75, 3.05) is 6.61 Å². The molecule has 0 aliphatic heterocycles. The number of benzene rings is 1. The predicted molar refractivity (Wildman–Crippen MR) is 90.2 cm³/mol. The molecule has 19 heavy (non-hydrogen) atoms. The van der Waals surface area contributed by atoms with Gasteiger partial charge >= 0.3 is 0 Å². The van der Waals surface area contributed by atoms with E-state index >= 15 is 0 Å². The van der Waals surface area contributed by atoms with Crippen LogP contribution >= 0.6 is 15.9 Å². The fourth-order valence-electron chi connectivity index (χ4n) is 1.65. The van der Waals surface area contributed by atoms with Crippen LogP contribution in [0.1, 0.15) is 33.3 Å². The third kappa shape index (κ3) is 5.40. The van der Waals surface area contributed by atoms with Gasteiger partial charge in [0.2, 0.25) is 0 Å². The van der Waals surface area contributed by atoms with Crippen LogP contribution in [0, 0.1) is 5.92 Å². The maximum absolute atomic E-state index is 6.28. The molecule has 0 aliphatic rings. The van der Waals surface area contributed by atoms with Gasteiger partial charge in [-0.15, -0.1) is 0 Å². The number of rotatable bonds is 5. The molecule has 1 aromatic rings. The fourth-order valence-corrected chi connectivity index (χ4v) is 3.05. The molecule has 0 fully saturated rings. The molecular formula is C16H27BrOSi. The summed E-state index contributed by atoms with van der Waals surface area (Å²) in [6.07, 6.45) is 1.09. The Morgan fingerprint density at radius 3 is 2.16 bits per heavy atom. The number of hydrogen-bond acceptors (Lipinski definition) is 1. The molecule has 1 atom stereocenters. The molecule has 0 bridgehead atoms. The van der Waals surface area contributed by atoms with Gasteiger partial charge in [0.15, 0.2) is 8.32 Å². The lowest BCUT2D eigenvalue weighted by atomic mass is 10.0. The van der Waals surface area contributed by atoms with Gasteiger partial charge in [0.05, 0.1) is 0 Å². The summed E-state index contributed by atoms with van der Waals surface area (Å²) in [5, 5.41) is 0.296. The fraction of sp³-hybridized carbons (Fsp3) is 0.625. The Morgan fingerprint density at radius 2 is 1.68 bits per heavy atom. The average molecular weight is 343 g/mol. The van der Waals surface area contributed by atoms with E-state index in [0.717, 1.165) is 17.5 Å². The van der Waals surface area contributed by atoms with Gasteiger partial charge in [0, 0.05) is 11.1 Å². The Morgan fingerprint density at radius 1 is 1.16 bits per heavy atom. The first-order chi connectivity index (χ1) is 8.62. The highest BCUT2D eigenvalue weighted by atomic mass is 79.9. The van der Waals surface area contributed by atoms with E-state index in [4.69, 9.17) is 4.43 Å². The highest BCUT2D eigenvalue weighted by Crippen LogP contribution is 2.36. The van der Waals surface area contributed by atoms with Gasteiger partial charge < -0.3 is 4.43 Å². The molecule has 0 radical (unpaired) electrons. The van der Waals surface area contributed by atoms with Gasteiger partial charge in [0.25, 0.3) is 0 Å². The second kappa shape index (κ2) is 6.55. The molecule has 1 unspecified atom stereocenters. The Kier molecular flexibility index (Phi) is 5.84. The number of halogens is 1. The quantitative estimate of drug-likeness (QED) is 0.628. The summed E-state index contributed by atoms with van der Waals surface area (Å²) >= 11 is 3.47. The molecule has 0 saturated carbocycles. The van der Waals surface area contributed by atoms with Gasteiger partial charge in [-0.05, 0) is 48.2 Å². The Balaban J connectivity index is 2.48. The second-order valence-electron chi connectivity index (χ2n) is 7.01. The minimum absolute atomic E-state index is 0.296. The van der Waals surface area contributed by atoms with Crippen LogP contribution in [0.25, 0.3) is 0 Å². The molecule has 0 amide bonds. The van der Waals surface area contributed by atoms with Crippen LogP contribution < -0.4 is 0 Å². The van der Waals surface area contributed by atoms with Gasteiger partial charge in [0.1, 0.15) is 0 Å². The van der Waals surface area contributed by atoms with Crippen LogP contribution in [0.3, 0.4) is 0 Å². The van der Waals surface area contributed by atoms with Crippen molar-refractivity contribution in [1.82, 2.24) is 0 Å². The van der Waals surface area contributed by atoms with Crippen molar-refractivity contribution < 1.29 is 4.43 Å². The highest BCUT2D eigenvalue weighted by Gasteiger charge is 2.37. The third-order valence-electron chi connectivity index (χ3n) is 4.03. The van der Waals surface area contributed by atoms with E-state index in [1.165, 1.54) is 5.56 Å². The van der Waals surface area contributed by atoms with E-state index < -0.39 is 8.32 Å². The van der Waals surface area contributed by atoms with E-state index in [1.54, 1.807) is 0 Å². The smallest absolute Gasteiger partial charge is 0.191 e. The van der Waals surface area contributed by atoms with E-state index in [0.29, 0.717) is 11.0 Å². The molecule has 108 valence electrons. The molecule has 1 nitrogen and oxygen atoms in total.